The van der Waals surface area contributed by atoms with E-state index in [9.17, 15) is 4.79 Å². The molecule has 0 radical (unpaired) electrons. The second-order valence-electron chi connectivity index (χ2n) is 10.1. The molecule has 3 heteroatoms. The Hall–Kier alpha value is -2.31. The van der Waals surface area contributed by atoms with Gasteiger partial charge in [-0.05, 0) is 37.0 Å². The monoisotopic (exact) mass is 492 g/mol. The van der Waals surface area contributed by atoms with Gasteiger partial charge in [0, 0.05) is 19.1 Å². The molecule has 0 fully saturated rings. The number of unbranched alkanes of at least 4 members (excludes halogenated alkanes) is 11. The molecule has 0 aliphatic heterocycles. The highest BCUT2D eigenvalue weighted by atomic mass is 16.6. The normalized spacial score (nSPS) is 13.6. The molecule has 0 aliphatic rings. The number of hydrogen-bond donors (Lipinski definition) is 0. The molecule has 198 valence electrons. The van der Waals surface area contributed by atoms with Crippen LogP contribution < -0.4 is 0 Å². The standard InChI is InChI=1S/C33H48O3/c1-5-7-9-11-13-15-17-24-29(25-18-16-14-12-10-8-6-2)36-32(34)33(3,35-4)31-27-21-23-28-22-19-20-26-30(28)31/h19-23,26-27,29H,5-17,24H2,1-4H3/t29-,33-/m0/s1. The lowest BCUT2D eigenvalue weighted by molar-refractivity contribution is -0.171. The minimum atomic E-state index is -1.19. The number of fused-ring (bicyclic) bond motifs is 1. The summed E-state index contributed by atoms with van der Waals surface area (Å²) in [7, 11) is 1.58. The van der Waals surface area contributed by atoms with Crippen molar-refractivity contribution in [1.29, 1.82) is 0 Å². The fourth-order valence-corrected chi connectivity index (χ4v) is 4.64. The van der Waals surface area contributed by atoms with Gasteiger partial charge in [-0.2, -0.15) is 0 Å². The molecule has 0 saturated carbocycles. The van der Waals surface area contributed by atoms with Gasteiger partial charge in [-0.15, -0.1) is 0 Å². The van der Waals surface area contributed by atoms with E-state index in [2.05, 4.69) is 37.8 Å². The summed E-state index contributed by atoms with van der Waals surface area (Å²) in [4.78, 5) is 13.5. The summed E-state index contributed by atoms with van der Waals surface area (Å²) in [5, 5.41) is 2.08. The first kappa shape index (κ1) is 29.9. The molecule has 0 bridgehead atoms. The molecule has 2 rings (SSSR count). The highest BCUT2D eigenvalue weighted by Gasteiger charge is 2.39. The molecule has 2 aromatic rings. The largest absolute Gasteiger partial charge is 0.447 e. The van der Waals surface area contributed by atoms with E-state index < -0.39 is 11.7 Å². The summed E-state index contributed by atoms with van der Waals surface area (Å²) in [5.74, 6) is 6.23. The molecular weight excluding hydrogens is 444 g/mol. The average molecular weight is 493 g/mol. The molecule has 0 aliphatic carbocycles. The Labute approximate surface area is 220 Å². The Morgan fingerprint density at radius 3 is 2.14 bits per heavy atom. The molecule has 0 aromatic heterocycles. The van der Waals surface area contributed by atoms with Gasteiger partial charge >= 0.3 is 5.97 Å². The first-order chi connectivity index (χ1) is 17.6. The van der Waals surface area contributed by atoms with Crippen LogP contribution in [0.5, 0.6) is 0 Å². The zero-order valence-electron chi connectivity index (χ0n) is 23.2. The predicted octanol–water partition coefficient (Wildman–Crippen LogP) is 9.12. The average Bonchev–Trinajstić information content (AvgIpc) is 2.90. The number of rotatable bonds is 17. The van der Waals surface area contributed by atoms with Crippen molar-refractivity contribution in [2.45, 2.75) is 122 Å². The molecule has 0 heterocycles. The van der Waals surface area contributed by atoms with Crippen molar-refractivity contribution in [2.75, 3.05) is 7.11 Å². The Morgan fingerprint density at radius 2 is 1.44 bits per heavy atom. The minimum Gasteiger partial charge on any atom is -0.447 e. The first-order valence-electron chi connectivity index (χ1n) is 14.3. The maximum atomic E-state index is 13.5. The molecule has 0 N–H and O–H groups in total. The van der Waals surface area contributed by atoms with Crippen molar-refractivity contribution >= 4 is 16.7 Å². The third kappa shape index (κ3) is 9.62. The van der Waals surface area contributed by atoms with Crippen LogP contribution in [0.1, 0.15) is 116 Å². The van der Waals surface area contributed by atoms with Crippen molar-refractivity contribution in [3.63, 3.8) is 0 Å². The van der Waals surface area contributed by atoms with E-state index in [0.717, 1.165) is 48.4 Å². The maximum absolute atomic E-state index is 13.5. The lowest BCUT2D eigenvalue weighted by Gasteiger charge is -2.29. The zero-order valence-corrected chi connectivity index (χ0v) is 23.2. The lowest BCUT2D eigenvalue weighted by atomic mass is 9.90. The fraction of sp³-hybridized carbons (Fsp3) is 0.606. The maximum Gasteiger partial charge on any atom is 0.344 e. The number of benzene rings is 2. The highest BCUT2D eigenvalue weighted by Crippen LogP contribution is 2.33. The van der Waals surface area contributed by atoms with Crippen LogP contribution in [0.4, 0.5) is 0 Å². The van der Waals surface area contributed by atoms with Crippen LogP contribution in [0.2, 0.25) is 0 Å². The van der Waals surface area contributed by atoms with Gasteiger partial charge in [-0.1, -0.05) is 132 Å². The van der Waals surface area contributed by atoms with E-state index in [1.165, 1.54) is 57.8 Å². The summed E-state index contributed by atoms with van der Waals surface area (Å²) >= 11 is 0. The predicted molar refractivity (Wildman–Crippen MR) is 152 cm³/mol. The quantitative estimate of drug-likeness (QED) is 0.125. The van der Waals surface area contributed by atoms with Crippen molar-refractivity contribution in [2.24, 2.45) is 0 Å². The number of esters is 1. The summed E-state index contributed by atoms with van der Waals surface area (Å²) in [6.07, 6.45) is 15.9. The van der Waals surface area contributed by atoms with E-state index in [0.29, 0.717) is 0 Å². The van der Waals surface area contributed by atoms with E-state index in [1.54, 1.807) is 7.11 Å². The van der Waals surface area contributed by atoms with Gasteiger partial charge < -0.3 is 9.47 Å². The van der Waals surface area contributed by atoms with Gasteiger partial charge in [0.25, 0.3) is 0 Å². The zero-order chi connectivity index (χ0) is 26.1. The second-order valence-corrected chi connectivity index (χ2v) is 10.1. The number of methoxy groups -OCH3 is 1. The van der Waals surface area contributed by atoms with E-state index in [1.807, 2.05) is 37.3 Å². The van der Waals surface area contributed by atoms with Gasteiger partial charge in [-0.25, -0.2) is 4.79 Å². The topological polar surface area (TPSA) is 35.5 Å². The van der Waals surface area contributed by atoms with Gasteiger partial charge in [0.15, 0.2) is 11.7 Å². The van der Waals surface area contributed by atoms with Gasteiger partial charge in [-0.3, -0.25) is 0 Å². The minimum absolute atomic E-state index is 0.369. The van der Waals surface area contributed by atoms with Crippen LogP contribution >= 0.6 is 0 Å². The highest BCUT2D eigenvalue weighted by molar-refractivity contribution is 5.92. The molecule has 0 saturated heterocycles. The van der Waals surface area contributed by atoms with Crippen LogP contribution in [-0.4, -0.2) is 19.2 Å². The number of carbonyl (C=O) groups is 1. The fourth-order valence-electron chi connectivity index (χ4n) is 4.64. The van der Waals surface area contributed by atoms with Crippen LogP contribution in [-0.2, 0) is 19.9 Å². The molecule has 0 spiro atoms. The number of carbonyl (C=O) groups excluding carboxylic acids is 1. The lowest BCUT2D eigenvalue weighted by Crippen LogP contribution is -2.38. The Bertz CT molecular complexity index is 949. The van der Waals surface area contributed by atoms with Gasteiger partial charge in [0.2, 0.25) is 0 Å². The smallest absolute Gasteiger partial charge is 0.344 e. The molecule has 0 unspecified atom stereocenters. The Balaban J connectivity index is 2.07. The van der Waals surface area contributed by atoms with Gasteiger partial charge in [0.1, 0.15) is 0 Å². The van der Waals surface area contributed by atoms with Crippen LogP contribution in [0.15, 0.2) is 42.5 Å². The van der Waals surface area contributed by atoms with E-state index in [4.69, 9.17) is 9.47 Å². The third-order valence-electron chi connectivity index (χ3n) is 7.09. The van der Waals surface area contributed by atoms with Crippen LogP contribution in [0.3, 0.4) is 0 Å². The summed E-state index contributed by atoms with van der Waals surface area (Å²) < 4.78 is 11.9. The molecule has 3 nitrogen and oxygen atoms in total. The second kappa shape index (κ2) is 17.2. The molecule has 0 amide bonds. The van der Waals surface area contributed by atoms with Crippen molar-refractivity contribution < 1.29 is 14.3 Å². The molecule has 2 aromatic carbocycles. The summed E-state index contributed by atoms with van der Waals surface area (Å²) in [5.41, 5.74) is -0.368. The molecule has 2 atom stereocenters. The molecular formula is C33H48O3. The van der Waals surface area contributed by atoms with Crippen molar-refractivity contribution in [3.05, 3.63) is 48.0 Å². The van der Waals surface area contributed by atoms with Crippen molar-refractivity contribution in [1.82, 2.24) is 0 Å². The Morgan fingerprint density at radius 1 is 0.833 bits per heavy atom. The SMILES string of the molecule is CCCCCCCC#C[C@H](CCCCCCCCC)OC(=O)[C@@](C)(OC)c1cccc2ccccc12. The number of hydrogen-bond acceptors (Lipinski definition) is 3. The summed E-state index contributed by atoms with van der Waals surface area (Å²) in [6.45, 7) is 6.28. The molecule has 36 heavy (non-hydrogen) atoms. The summed E-state index contributed by atoms with van der Waals surface area (Å²) in [6, 6.07) is 14.1. The van der Waals surface area contributed by atoms with Crippen LogP contribution in [0, 0.1) is 11.8 Å². The van der Waals surface area contributed by atoms with Gasteiger partial charge in [0.05, 0.1) is 0 Å². The number of ether oxygens (including phenoxy) is 2. The van der Waals surface area contributed by atoms with E-state index >= 15 is 0 Å². The Kier molecular flexibility index (Phi) is 14.3. The third-order valence-corrected chi connectivity index (χ3v) is 7.09. The van der Waals surface area contributed by atoms with E-state index in [-0.39, 0.29) is 5.97 Å². The first-order valence-corrected chi connectivity index (χ1v) is 14.3. The van der Waals surface area contributed by atoms with Crippen molar-refractivity contribution in [3.8, 4) is 11.8 Å². The van der Waals surface area contributed by atoms with Crippen LogP contribution in [0.25, 0.3) is 10.8 Å².